The van der Waals surface area contributed by atoms with Crippen LogP contribution >= 0.6 is 0 Å². The molecule has 2 N–H and O–H groups in total. The summed E-state index contributed by atoms with van der Waals surface area (Å²) in [6.07, 6.45) is 0. The molecule has 0 aliphatic carbocycles. The second-order valence-electron chi connectivity index (χ2n) is 0.149. The monoisotopic (exact) mass is 303 g/mol. The fourth-order valence-corrected chi connectivity index (χ4v) is 0. The summed E-state index contributed by atoms with van der Waals surface area (Å²) in [6.45, 7) is 0. The van der Waals surface area contributed by atoms with Gasteiger partial charge < -0.3 is 26.4 Å². The van der Waals surface area contributed by atoms with E-state index in [4.69, 9.17) is 20.2 Å². The van der Waals surface area contributed by atoms with E-state index >= 15 is 0 Å². The van der Waals surface area contributed by atoms with E-state index in [2.05, 4.69) is 0 Å². The van der Waals surface area contributed by atoms with Gasteiger partial charge in [-0.2, -0.15) is 0 Å². The van der Waals surface area contributed by atoms with Crippen molar-refractivity contribution in [3.8, 4) is 0 Å². The summed E-state index contributed by atoms with van der Waals surface area (Å²) in [5.74, 6) is 0. The first kappa shape index (κ1) is 26.0. The van der Waals surface area contributed by atoms with Crippen molar-refractivity contribution in [2.24, 2.45) is 10.7 Å². The van der Waals surface area contributed by atoms with Gasteiger partial charge in [0.05, 0.1) is 0 Å². The van der Waals surface area contributed by atoms with Crippen molar-refractivity contribution < 1.29 is 21.1 Å². The Morgan fingerprint density at radius 2 is 1.00 bits per heavy atom. The number of nitrogens with two attached hydrogens (primary N) is 1. The molecular formula is H2N3O4Pt-3. The summed E-state index contributed by atoms with van der Waals surface area (Å²) < 4.78 is 0. The first-order valence-electron chi connectivity index (χ1n) is 0.730. The van der Waals surface area contributed by atoms with Gasteiger partial charge in [-0.05, 0) is 0 Å². The van der Waals surface area contributed by atoms with Gasteiger partial charge in [0.1, 0.15) is 0 Å². The van der Waals surface area contributed by atoms with E-state index < -0.39 is 0 Å². The van der Waals surface area contributed by atoms with E-state index in [9.17, 15) is 0 Å². The third kappa shape index (κ3) is 354. The molecule has 0 radical (unpaired) electrons. The van der Waals surface area contributed by atoms with Crippen molar-refractivity contribution >= 4 is 0 Å². The van der Waals surface area contributed by atoms with E-state index in [-0.39, 0.29) is 27.2 Å². The van der Waals surface area contributed by atoms with E-state index in [1.807, 2.05) is 0 Å². The Kier molecular flexibility index (Phi) is 297. The van der Waals surface area contributed by atoms with Gasteiger partial charge in [-0.15, -0.1) is 10.7 Å². The fourth-order valence-electron chi connectivity index (χ4n) is 0. The van der Waals surface area contributed by atoms with Gasteiger partial charge in [0, 0.05) is 21.1 Å². The van der Waals surface area contributed by atoms with Crippen molar-refractivity contribution in [3.05, 3.63) is 26.4 Å². The number of rotatable bonds is 0. The Balaban J connectivity index is -0.0000000160. The van der Waals surface area contributed by atoms with Gasteiger partial charge in [-0.3, -0.25) is 0 Å². The van der Waals surface area contributed by atoms with Gasteiger partial charge >= 0.3 is 0 Å². The molecule has 54 valence electrons. The molecule has 0 heterocycles. The molecule has 0 saturated carbocycles. The van der Waals surface area contributed by atoms with E-state index in [0.29, 0.717) is 0 Å². The first-order valence-corrected chi connectivity index (χ1v) is 0.730. The van der Waals surface area contributed by atoms with Crippen molar-refractivity contribution in [1.29, 1.82) is 0 Å². The molecule has 0 aromatic rings. The van der Waals surface area contributed by atoms with Crippen molar-refractivity contribution in [2.75, 3.05) is 0 Å². The molecular weight excluding hydrogens is 301 g/mol. The number of nitrogens with zero attached hydrogens (tertiary/aromatic N) is 2. The van der Waals surface area contributed by atoms with Crippen molar-refractivity contribution in [2.45, 2.75) is 0 Å². The quantitative estimate of drug-likeness (QED) is 0.490. The topological polar surface area (TPSA) is 138 Å². The van der Waals surface area contributed by atoms with Crippen LogP contribution in [0.25, 0.3) is 6.15 Å². The van der Waals surface area contributed by atoms with E-state index in [0.717, 1.165) is 10.7 Å². The molecule has 0 aliphatic heterocycles. The summed E-state index contributed by atoms with van der Waals surface area (Å²) in [5, 5.41) is 18.0. The molecule has 0 bridgehead atoms. The largest absolute Gasteiger partial charge is 0.693 e. The van der Waals surface area contributed by atoms with Crippen LogP contribution in [0.1, 0.15) is 0 Å². The summed E-state index contributed by atoms with van der Waals surface area (Å²) >= 11 is 0. The zero-order valence-corrected chi connectivity index (χ0v) is 5.69. The van der Waals surface area contributed by atoms with Crippen LogP contribution in [-0.4, -0.2) is 0 Å². The second-order valence-corrected chi connectivity index (χ2v) is 0.149. The second kappa shape index (κ2) is 91.3. The van der Waals surface area contributed by atoms with Crippen molar-refractivity contribution in [3.63, 3.8) is 0 Å². The van der Waals surface area contributed by atoms with Crippen LogP contribution in [0.3, 0.4) is 0 Å². The normalized spacial score (nSPS) is 3.00. The Labute approximate surface area is 58.8 Å². The van der Waals surface area contributed by atoms with E-state index in [1.54, 1.807) is 0 Å². The minimum absolute atomic E-state index is 0. The standard InChI is InChI=1S/2HNO2.H2N.Pt/c2*2-1-3;;/h2*(H,2,3);1H2;/q;;-1;/p-2. The van der Waals surface area contributed by atoms with Crippen LogP contribution in [0.15, 0.2) is 10.7 Å². The first-order chi connectivity index (χ1) is 2.83. The van der Waals surface area contributed by atoms with Gasteiger partial charge in [0.15, 0.2) is 0 Å². The number of hydrogen-bond donors (Lipinski definition) is 0. The zero-order valence-electron chi connectivity index (χ0n) is 3.42. The smallest absolute Gasteiger partial charge is 0 e. The van der Waals surface area contributed by atoms with Crippen LogP contribution in [0.2, 0.25) is 0 Å². The molecule has 8 heavy (non-hydrogen) atoms. The summed E-state index contributed by atoms with van der Waals surface area (Å²) in [7, 11) is 0. The minimum Gasteiger partial charge on any atom is -0.693 e. The molecule has 0 spiro atoms. The fraction of sp³-hybridized carbons (Fsp3) is 0. The average Bonchev–Trinajstić information content (AvgIpc) is 1.39. The maximum atomic E-state index is 8.00. The Morgan fingerprint density at radius 3 is 1.00 bits per heavy atom. The van der Waals surface area contributed by atoms with Gasteiger partial charge in [0.2, 0.25) is 0 Å². The van der Waals surface area contributed by atoms with Crippen LogP contribution < -0.4 is 0 Å². The molecule has 0 rings (SSSR count). The summed E-state index contributed by atoms with van der Waals surface area (Å²) in [5.41, 5.74) is 0. The van der Waals surface area contributed by atoms with Gasteiger partial charge in [-0.25, -0.2) is 0 Å². The molecule has 8 heteroatoms. The van der Waals surface area contributed by atoms with E-state index in [1.165, 1.54) is 0 Å². The summed E-state index contributed by atoms with van der Waals surface area (Å²) in [4.78, 5) is 16.0. The maximum Gasteiger partial charge on any atom is 0 e. The third-order valence-electron chi connectivity index (χ3n) is 0. The maximum absolute atomic E-state index is 8.00. The Bertz CT molecular complexity index is 32.3. The third-order valence-corrected chi connectivity index (χ3v) is 0. The SMILES string of the molecule is O=N[O-].O=N[O-].[NH2-].[Pt]. The Hall–Kier alpha value is -0.552. The molecule has 0 unspecified atom stereocenters. The molecule has 0 aromatic heterocycles. The molecule has 0 fully saturated rings. The van der Waals surface area contributed by atoms with Crippen LogP contribution in [0, 0.1) is 20.2 Å². The number of hydrogen-bond acceptors (Lipinski definition) is 6. The molecule has 0 amide bonds. The minimum atomic E-state index is 0. The summed E-state index contributed by atoms with van der Waals surface area (Å²) in [6, 6.07) is 0. The Morgan fingerprint density at radius 1 is 1.00 bits per heavy atom. The van der Waals surface area contributed by atoms with Crippen molar-refractivity contribution in [1.82, 2.24) is 0 Å². The van der Waals surface area contributed by atoms with Gasteiger partial charge in [-0.1, -0.05) is 0 Å². The van der Waals surface area contributed by atoms with Crippen LogP contribution in [0.4, 0.5) is 0 Å². The molecule has 0 aliphatic rings. The molecule has 0 aromatic carbocycles. The van der Waals surface area contributed by atoms with Gasteiger partial charge in [0.25, 0.3) is 0 Å². The molecule has 0 atom stereocenters. The van der Waals surface area contributed by atoms with Crippen LogP contribution in [0.5, 0.6) is 0 Å². The predicted octanol–water partition coefficient (Wildman–Crippen LogP) is 1.22. The average molecular weight is 303 g/mol. The zero-order chi connectivity index (χ0) is 5.41. The predicted molar refractivity (Wildman–Crippen MR) is 23.6 cm³/mol. The van der Waals surface area contributed by atoms with Crippen LogP contribution in [-0.2, 0) is 21.1 Å². The molecule has 0 saturated heterocycles. The molecule has 7 nitrogen and oxygen atoms in total.